The Morgan fingerprint density at radius 2 is 1.65 bits per heavy atom. The third-order valence-electron chi connectivity index (χ3n) is 5.04. The van der Waals surface area contributed by atoms with Crippen LogP contribution in [-0.4, -0.2) is 5.78 Å². The first-order valence-corrected chi connectivity index (χ1v) is 8.12. The molecule has 0 saturated heterocycles. The number of carbonyl (C=O) groups is 1. The van der Waals surface area contributed by atoms with Crippen molar-refractivity contribution in [3.8, 4) is 0 Å². The molecule has 3 rings (SSSR count). The molecule has 1 aromatic rings. The van der Waals surface area contributed by atoms with E-state index in [4.69, 9.17) is 0 Å². The van der Waals surface area contributed by atoms with Gasteiger partial charge in [0, 0.05) is 6.42 Å². The van der Waals surface area contributed by atoms with Gasteiger partial charge in [0.1, 0.15) is 0 Å². The lowest BCUT2D eigenvalue weighted by molar-refractivity contribution is -0.117. The van der Waals surface area contributed by atoms with Crippen LogP contribution in [0.2, 0.25) is 0 Å². The molecule has 0 aromatic heterocycles. The maximum Gasteiger partial charge on any atom is 0.158 e. The molecule has 0 bridgehead atoms. The van der Waals surface area contributed by atoms with E-state index in [2.05, 4.69) is 18.2 Å². The first kappa shape index (κ1) is 13.6. The molecule has 0 N–H and O–H groups in total. The number of benzene rings is 1. The van der Waals surface area contributed by atoms with Gasteiger partial charge >= 0.3 is 0 Å². The number of carbonyl (C=O) groups excluding carboxylic acids is 1. The van der Waals surface area contributed by atoms with Crippen molar-refractivity contribution in [1.29, 1.82) is 0 Å². The summed E-state index contributed by atoms with van der Waals surface area (Å²) >= 11 is 0. The molecule has 2 saturated carbocycles. The van der Waals surface area contributed by atoms with Crippen LogP contribution < -0.4 is 0 Å². The topological polar surface area (TPSA) is 17.1 Å². The number of ketones is 1. The molecule has 1 heteroatoms. The van der Waals surface area contributed by atoms with Crippen LogP contribution in [0.4, 0.5) is 0 Å². The lowest BCUT2D eigenvalue weighted by atomic mass is 9.71. The summed E-state index contributed by atoms with van der Waals surface area (Å²) in [4.78, 5) is 12.2. The monoisotopic (exact) mass is 268 g/mol. The van der Waals surface area contributed by atoms with Crippen LogP contribution in [0.1, 0.15) is 56.9 Å². The fourth-order valence-corrected chi connectivity index (χ4v) is 3.87. The van der Waals surface area contributed by atoms with E-state index < -0.39 is 0 Å². The molecule has 20 heavy (non-hydrogen) atoms. The van der Waals surface area contributed by atoms with Gasteiger partial charge < -0.3 is 0 Å². The van der Waals surface area contributed by atoms with E-state index in [0.29, 0.717) is 5.78 Å². The van der Waals surface area contributed by atoms with Crippen LogP contribution in [0.25, 0.3) is 6.08 Å². The summed E-state index contributed by atoms with van der Waals surface area (Å²) in [5.41, 5.74) is 2.23. The van der Waals surface area contributed by atoms with Crippen LogP contribution in [-0.2, 0) is 4.79 Å². The summed E-state index contributed by atoms with van der Waals surface area (Å²) in [5.74, 6) is 2.00. The third-order valence-corrected chi connectivity index (χ3v) is 5.04. The van der Waals surface area contributed by atoms with E-state index in [1.54, 1.807) is 0 Å². The minimum Gasteiger partial charge on any atom is -0.295 e. The average Bonchev–Trinajstić information content (AvgIpc) is 2.51. The van der Waals surface area contributed by atoms with Gasteiger partial charge in [-0.05, 0) is 41.9 Å². The Morgan fingerprint density at radius 3 is 2.40 bits per heavy atom. The van der Waals surface area contributed by atoms with Gasteiger partial charge in [0.2, 0.25) is 0 Å². The molecule has 2 aliphatic carbocycles. The SMILES string of the molecule is O=C1CCC(C2CCCCC2)C/C1=C/c1ccccc1. The summed E-state index contributed by atoms with van der Waals surface area (Å²) in [6.07, 6.45) is 12.0. The highest BCUT2D eigenvalue weighted by Gasteiger charge is 2.30. The van der Waals surface area contributed by atoms with Gasteiger partial charge in [0.05, 0.1) is 0 Å². The molecule has 2 fully saturated rings. The highest BCUT2D eigenvalue weighted by atomic mass is 16.1. The number of Topliss-reactive ketones (excluding diaryl/α,β-unsaturated/α-hetero) is 1. The summed E-state index contributed by atoms with van der Waals surface area (Å²) in [6.45, 7) is 0. The minimum absolute atomic E-state index is 0.376. The molecule has 0 radical (unpaired) electrons. The summed E-state index contributed by atoms with van der Waals surface area (Å²) < 4.78 is 0. The Kier molecular flexibility index (Phi) is 4.34. The van der Waals surface area contributed by atoms with E-state index >= 15 is 0 Å². The zero-order chi connectivity index (χ0) is 13.8. The maximum absolute atomic E-state index is 12.2. The predicted octanol–water partition coefficient (Wildman–Crippen LogP) is 5.02. The van der Waals surface area contributed by atoms with Crippen molar-refractivity contribution in [2.24, 2.45) is 11.8 Å². The van der Waals surface area contributed by atoms with E-state index in [1.807, 2.05) is 18.2 Å². The standard InChI is InChI=1S/C19H24O/c20-19-12-11-17(16-9-5-2-6-10-16)14-18(19)13-15-7-3-1-4-8-15/h1,3-4,7-8,13,16-17H,2,5-6,9-12,14H2/b18-13-. The quantitative estimate of drug-likeness (QED) is 0.688. The highest BCUT2D eigenvalue weighted by molar-refractivity contribution is 6.00. The molecule has 1 nitrogen and oxygen atoms in total. The normalized spacial score (nSPS) is 26.9. The van der Waals surface area contributed by atoms with Gasteiger partial charge in [0.25, 0.3) is 0 Å². The summed E-state index contributed by atoms with van der Waals surface area (Å²) in [5, 5.41) is 0. The molecule has 0 heterocycles. The number of hydrogen-bond donors (Lipinski definition) is 0. The molecule has 1 atom stereocenters. The maximum atomic E-state index is 12.2. The van der Waals surface area contributed by atoms with Crippen molar-refractivity contribution >= 4 is 11.9 Å². The summed E-state index contributed by atoms with van der Waals surface area (Å²) in [7, 11) is 0. The van der Waals surface area contributed by atoms with Crippen molar-refractivity contribution in [3.63, 3.8) is 0 Å². The van der Waals surface area contributed by atoms with Crippen LogP contribution in [0, 0.1) is 11.8 Å². The van der Waals surface area contributed by atoms with E-state index in [-0.39, 0.29) is 0 Å². The Bertz CT molecular complexity index is 480. The molecule has 1 unspecified atom stereocenters. The molecular formula is C19H24O. The number of allylic oxidation sites excluding steroid dienone is 1. The highest BCUT2D eigenvalue weighted by Crippen LogP contribution is 2.39. The van der Waals surface area contributed by atoms with Gasteiger partial charge in [-0.15, -0.1) is 0 Å². The lowest BCUT2D eigenvalue weighted by Gasteiger charge is -2.33. The van der Waals surface area contributed by atoms with Crippen molar-refractivity contribution in [1.82, 2.24) is 0 Å². The number of rotatable bonds is 2. The molecule has 2 aliphatic rings. The molecule has 0 amide bonds. The van der Waals surface area contributed by atoms with E-state index in [9.17, 15) is 4.79 Å². The fourth-order valence-electron chi connectivity index (χ4n) is 3.87. The van der Waals surface area contributed by atoms with Gasteiger partial charge in [-0.1, -0.05) is 62.4 Å². The number of hydrogen-bond acceptors (Lipinski definition) is 1. The molecule has 0 aliphatic heterocycles. The Balaban J connectivity index is 1.73. The molecule has 106 valence electrons. The molecular weight excluding hydrogens is 244 g/mol. The smallest absolute Gasteiger partial charge is 0.158 e. The second kappa shape index (κ2) is 6.39. The van der Waals surface area contributed by atoms with Gasteiger partial charge in [-0.3, -0.25) is 4.79 Å². The van der Waals surface area contributed by atoms with Crippen LogP contribution >= 0.6 is 0 Å². The average molecular weight is 268 g/mol. The van der Waals surface area contributed by atoms with Crippen LogP contribution in [0.5, 0.6) is 0 Å². The Labute approximate surface area is 122 Å². The predicted molar refractivity (Wildman–Crippen MR) is 83.3 cm³/mol. The van der Waals surface area contributed by atoms with Gasteiger partial charge in [-0.25, -0.2) is 0 Å². The van der Waals surface area contributed by atoms with Crippen molar-refractivity contribution in [3.05, 3.63) is 41.5 Å². The van der Waals surface area contributed by atoms with Crippen LogP contribution in [0.15, 0.2) is 35.9 Å². The van der Waals surface area contributed by atoms with Crippen molar-refractivity contribution < 1.29 is 4.79 Å². The largest absolute Gasteiger partial charge is 0.295 e. The minimum atomic E-state index is 0.376. The second-order valence-electron chi connectivity index (χ2n) is 6.40. The van der Waals surface area contributed by atoms with Gasteiger partial charge in [0.15, 0.2) is 5.78 Å². The van der Waals surface area contributed by atoms with Gasteiger partial charge in [-0.2, -0.15) is 0 Å². The zero-order valence-corrected chi connectivity index (χ0v) is 12.2. The first-order chi connectivity index (χ1) is 9.83. The van der Waals surface area contributed by atoms with Crippen molar-refractivity contribution in [2.75, 3.05) is 0 Å². The summed E-state index contributed by atoms with van der Waals surface area (Å²) in [6, 6.07) is 10.3. The second-order valence-corrected chi connectivity index (χ2v) is 6.40. The Hall–Kier alpha value is -1.37. The van der Waals surface area contributed by atoms with E-state index in [1.165, 1.54) is 37.7 Å². The van der Waals surface area contributed by atoms with E-state index in [0.717, 1.165) is 36.7 Å². The third kappa shape index (κ3) is 3.20. The molecule has 0 spiro atoms. The van der Waals surface area contributed by atoms with Crippen molar-refractivity contribution in [2.45, 2.75) is 51.4 Å². The van der Waals surface area contributed by atoms with Crippen LogP contribution in [0.3, 0.4) is 0 Å². The zero-order valence-electron chi connectivity index (χ0n) is 12.2. The molecule has 1 aromatic carbocycles. The Morgan fingerprint density at radius 1 is 0.900 bits per heavy atom. The first-order valence-electron chi connectivity index (χ1n) is 8.12. The fraction of sp³-hybridized carbons (Fsp3) is 0.526. The lowest BCUT2D eigenvalue weighted by Crippen LogP contribution is -2.25.